The molecule has 0 fully saturated rings. The Hall–Kier alpha value is -2.44. The molecule has 6 nitrogen and oxygen atoms in total. The van der Waals surface area contributed by atoms with Crippen LogP contribution in [0.2, 0.25) is 0 Å². The molecular formula is C18H23NO5. The van der Waals surface area contributed by atoms with Crippen LogP contribution in [0.5, 0.6) is 23.0 Å². The molecule has 2 rings (SSSR count). The predicted molar refractivity (Wildman–Crippen MR) is 90.9 cm³/mol. The topological polar surface area (TPSA) is 91.2 Å². The van der Waals surface area contributed by atoms with Gasteiger partial charge in [0.05, 0.1) is 20.3 Å². The summed E-state index contributed by atoms with van der Waals surface area (Å²) < 4.78 is 10.5. The molecule has 0 aliphatic heterocycles. The van der Waals surface area contributed by atoms with Gasteiger partial charge in [0, 0.05) is 12.6 Å². The number of nitrogens with one attached hydrogen (secondary N) is 1. The van der Waals surface area contributed by atoms with E-state index in [1.807, 2.05) is 18.2 Å². The van der Waals surface area contributed by atoms with Gasteiger partial charge < -0.3 is 30.1 Å². The van der Waals surface area contributed by atoms with Crippen LogP contribution in [-0.4, -0.2) is 42.6 Å². The van der Waals surface area contributed by atoms with Gasteiger partial charge in [0.25, 0.3) is 0 Å². The third-order valence-electron chi connectivity index (χ3n) is 3.79. The largest absolute Gasteiger partial charge is 0.504 e. The van der Waals surface area contributed by atoms with Crippen molar-refractivity contribution in [3.05, 3.63) is 47.5 Å². The molecule has 0 saturated carbocycles. The van der Waals surface area contributed by atoms with Crippen LogP contribution in [0.1, 0.15) is 17.2 Å². The zero-order chi connectivity index (χ0) is 17.5. The fourth-order valence-electron chi connectivity index (χ4n) is 2.39. The highest BCUT2D eigenvalue weighted by atomic mass is 16.5. The molecule has 6 heteroatoms. The van der Waals surface area contributed by atoms with Crippen LogP contribution in [0.25, 0.3) is 0 Å². The number of aliphatic hydroxyl groups is 1. The molecule has 2 aromatic carbocycles. The van der Waals surface area contributed by atoms with E-state index in [1.54, 1.807) is 20.3 Å². The van der Waals surface area contributed by atoms with Crippen molar-refractivity contribution in [3.63, 3.8) is 0 Å². The summed E-state index contributed by atoms with van der Waals surface area (Å²) in [5.74, 6) is 1.06. The van der Waals surface area contributed by atoms with Gasteiger partial charge in [0.15, 0.2) is 11.5 Å². The van der Waals surface area contributed by atoms with Crippen molar-refractivity contribution in [2.24, 2.45) is 0 Å². The molecule has 0 unspecified atom stereocenters. The summed E-state index contributed by atoms with van der Waals surface area (Å²) >= 11 is 0. The number of rotatable bonds is 8. The smallest absolute Gasteiger partial charge is 0.157 e. The SMILES string of the molecule is COc1ccc(CCNC[C@@H](O)c2ccc(O)c(O)c2)c(OC)c1. The quantitative estimate of drug-likeness (QED) is 0.436. The van der Waals surface area contributed by atoms with E-state index in [-0.39, 0.29) is 11.5 Å². The molecule has 130 valence electrons. The Kier molecular flexibility index (Phi) is 6.28. The van der Waals surface area contributed by atoms with Gasteiger partial charge in [-0.3, -0.25) is 0 Å². The molecule has 0 radical (unpaired) electrons. The van der Waals surface area contributed by atoms with E-state index in [1.165, 1.54) is 12.1 Å². The van der Waals surface area contributed by atoms with Crippen LogP contribution in [0.15, 0.2) is 36.4 Å². The van der Waals surface area contributed by atoms with Crippen molar-refractivity contribution in [3.8, 4) is 23.0 Å². The first-order valence-electron chi connectivity index (χ1n) is 7.66. The zero-order valence-corrected chi connectivity index (χ0v) is 13.8. The fourth-order valence-corrected chi connectivity index (χ4v) is 2.39. The van der Waals surface area contributed by atoms with Crippen LogP contribution >= 0.6 is 0 Å². The van der Waals surface area contributed by atoms with Gasteiger partial charge in [-0.05, 0) is 42.3 Å². The average Bonchev–Trinajstić information content (AvgIpc) is 2.60. The molecule has 0 aliphatic carbocycles. The predicted octanol–water partition coefficient (Wildman–Crippen LogP) is 1.98. The number of phenols is 2. The van der Waals surface area contributed by atoms with Gasteiger partial charge in [-0.1, -0.05) is 12.1 Å². The van der Waals surface area contributed by atoms with E-state index < -0.39 is 6.10 Å². The van der Waals surface area contributed by atoms with Gasteiger partial charge in [-0.25, -0.2) is 0 Å². The summed E-state index contributed by atoms with van der Waals surface area (Å²) in [6.45, 7) is 0.993. The number of aromatic hydroxyl groups is 2. The monoisotopic (exact) mass is 333 g/mol. The maximum atomic E-state index is 10.1. The van der Waals surface area contributed by atoms with E-state index in [9.17, 15) is 15.3 Å². The highest BCUT2D eigenvalue weighted by Gasteiger charge is 2.10. The van der Waals surface area contributed by atoms with Crippen molar-refractivity contribution < 1.29 is 24.8 Å². The summed E-state index contributed by atoms with van der Waals surface area (Å²) in [6, 6.07) is 9.96. The fraction of sp³-hybridized carbons (Fsp3) is 0.333. The first kappa shape index (κ1) is 17.9. The Bertz CT molecular complexity index is 674. The van der Waals surface area contributed by atoms with E-state index in [4.69, 9.17) is 9.47 Å². The third kappa shape index (κ3) is 4.53. The molecular weight excluding hydrogens is 310 g/mol. The Balaban J connectivity index is 1.85. The van der Waals surface area contributed by atoms with Crippen molar-refractivity contribution in [1.29, 1.82) is 0 Å². The average molecular weight is 333 g/mol. The van der Waals surface area contributed by atoms with Gasteiger partial charge in [-0.15, -0.1) is 0 Å². The lowest BCUT2D eigenvalue weighted by atomic mass is 10.1. The summed E-state index contributed by atoms with van der Waals surface area (Å²) in [5, 5.41) is 32.0. The van der Waals surface area contributed by atoms with E-state index in [0.29, 0.717) is 18.7 Å². The van der Waals surface area contributed by atoms with Crippen LogP contribution < -0.4 is 14.8 Å². The lowest BCUT2D eigenvalue weighted by molar-refractivity contribution is 0.174. The summed E-state index contributed by atoms with van der Waals surface area (Å²) in [7, 11) is 3.23. The number of phenolic OH excluding ortho intramolecular Hbond substituents is 2. The van der Waals surface area contributed by atoms with E-state index in [0.717, 1.165) is 23.5 Å². The summed E-state index contributed by atoms with van der Waals surface area (Å²) in [6.07, 6.45) is -0.0324. The molecule has 0 saturated heterocycles. The van der Waals surface area contributed by atoms with Gasteiger partial charge in [0.2, 0.25) is 0 Å². The second-order valence-corrected chi connectivity index (χ2v) is 5.40. The maximum absolute atomic E-state index is 10.1. The van der Waals surface area contributed by atoms with Crippen molar-refractivity contribution >= 4 is 0 Å². The lowest BCUT2D eigenvalue weighted by Crippen LogP contribution is -2.23. The standard InChI is InChI=1S/C18H23NO5/c1-23-14-5-3-12(18(10-14)24-2)7-8-19-11-17(22)13-4-6-15(20)16(21)9-13/h3-6,9-10,17,19-22H,7-8,11H2,1-2H3/t17-/m1/s1. The molecule has 24 heavy (non-hydrogen) atoms. The lowest BCUT2D eigenvalue weighted by Gasteiger charge is -2.14. The molecule has 2 aromatic rings. The first-order valence-corrected chi connectivity index (χ1v) is 7.66. The molecule has 0 bridgehead atoms. The molecule has 0 spiro atoms. The molecule has 0 aliphatic rings. The number of aliphatic hydroxyl groups excluding tert-OH is 1. The normalized spacial score (nSPS) is 12.0. The minimum Gasteiger partial charge on any atom is -0.504 e. The summed E-state index contributed by atoms with van der Waals surface area (Å²) in [5.41, 5.74) is 1.59. The number of hydrogen-bond donors (Lipinski definition) is 4. The number of methoxy groups -OCH3 is 2. The Morgan fingerprint density at radius 3 is 2.46 bits per heavy atom. The second-order valence-electron chi connectivity index (χ2n) is 5.40. The van der Waals surface area contributed by atoms with Crippen LogP contribution in [-0.2, 0) is 6.42 Å². The highest BCUT2D eigenvalue weighted by molar-refractivity contribution is 5.42. The van der Waals surface area contributed by atoms with Crippen LogP contribution in [0.3, 0.4) is 0 Å². The van der Waals surface area contributed by atoms with E-state index >= 15 is 0 Å². The first-order chi connectivity index (χ1) is 11.5. The van der Waals surface area contributed by atoms with Crippen molar-refractivity contribution in [1.82, 2.24) is 5.32 Å². The summed E-state index contributed by atoms with van der Waals surface area (Å²) in [4.78, 5) is 0. The van der Waals surface area contributed by atoms with Crippen molar-refractivity contribution in [2.75, 3.05) is 27.3 Å². The van der Waals surface area contributed by atoms with Gasteiger partial charge in [-0.2, -0.15) is 0 Å². The Morgan fingerprint density at radius 2 is 1.79 bits per heavy atom. The zero-order valence-electron chi connectivity index (χ0n) is 13.8. The van der Waals surface area contributed by atoms with E-state index in [2.05, 4.69) is 5.32 Å². The highest BCUT2D eigenvalue weighted by Crippen LogP contribution is 2.27. The van der Waals surface area contributed by atoms with Crippen LogP contribution in [0.4, 0.5) is 0 Å². The molecule has 0 heterocycles. The molecule has 0 amide bonds. The number of hydrogen-bond acceptors (Lipinski definition) is 6. The third-order valence-corrected chi connectivity index (χ3v) is 3.79. The van der Waals surface area contributed by atoms with Gasteiger partial charge >= 0.3 is 0 Å². The van der Waals surface area contributed by atoms with Crippen LogP contribution in [0, 0.1) is 0 Å². The molecule has 4 N–H and O–H groups in total. The number of ether oxygens (including phenoxy) is 2. The van der Waals surface area contributed by atoms with Gasteiger partial charge in [0.1, 0.15) is 11.5 Å². The minimum absolute atomic E-state index is 0.203. The second kappa shape index (κ2) is 8.42. The minimum atomic E-state index is -0.769. The Morgan fingerprint density at radius 1 is 1.00 bits per heavy atom. The Labute approximate surface area is 141 Å². The van der Waals surface area contributed by atoms with Crippen molar-refractivity contribution in [2.45, 2.75) is 12.5 Å². The maximum Gasteiger partial charge on any atom is 0.157 e. The molecule has 0 aromatic heterocycles. The number of benzene rings is 2. The molecule has 1 atom stereocenters.